The van der Waals surface area contributed by atoms with E-state index in [4.69, 9.17) is 25.6 Å². The maximum atomic E-state index is 6.43. The molecule has 1 aliphatic carbocycles. The Morgan fingerprint density at radius 2 is 2.03 bits per heavy atom. The molecule has 5 N–H and O–H groups in total. The topological polar surface area (TPSA) is 138 Å². The zero-order valence-electron chi connectivity index (χ0n) is 19.3. The Morgan fingerprint density at radius 3 is 2.72 bits per heavy atom. The van der Waals surface area contributed by atoms with Crippen LogP contribution in [0.2, 0.25) is 0 Å². The number of likely N-dealkylation sites (N-methyl/N-ethyl adjacent to an activating group) is 1. The van der Waals surface area contributed by atoms with Crippen LogP contribution in [-0.4, -0.2) is 53.0 Å². The van der Waals surface area contributed by atoms with Crippen LogP contribution >= 0.6 is 0 Å². The number of nitrogens with one attached hydrogen (secondary N) is 1. The molecule has 0 aromatic carbocycles. The van der Waals surface area contributed by atoms with Crippen LogP contribution in [-0.2, 0) is 11.2 Å². The summed E-state index contributed by atoms with van der Waals surface area (Å²) < 4.78 is 16.7. The predicted molar refractivity (Wildman–Crippen MR) is 123 cm³/mol. The SMILES string of the molecule is CCOCCc1nc(NC/C(=C(/N)c2ccc(OC3CCCCC3)c(C)n2)N(C)N)no1. The third-order valence-corrected chi connectivity index (χ3v) is 5.44. The van der Waals surface area contributed by atoms with Gasteiger partial charge in [-0.15, -0.1) is 0 Å². The zero-order chi connectivity index (χ0) is 22.9. The van der Waals surface area contributed by atoms with Gasteiger partial charge in [-0.2, -0.15) is 4.98 Å². The Kier molecular flexibility index (Phi) is 8.69. The number of hydrogen-bond donors (Lipinski definition) is 3. The molecule has 0 unspecified atom stereocenters. The van der Waals surface area contributed by atoms with Gasteiger partial charge in [0.05, 0.1) is 48.5 Å². The maximum Gasteiger partial charge on any atom is 0.263 e. The normalized spacial score (nSPS) is 15.4. The van der Waals surface area contributed by atoms with Gasteiger partial charge in [0, 0.05) is 13.7 Å². The third-order valence-electron chi connectivity index (χ3n) is 5.44. The molecular formula is C22H35N7O3. The molecule has 2 heterocycles. The van der Waals surface area contributed by atoms with Gasteiger partial charge in [-0.1, -0.05) is 6.42 Å². The minimum absolute atomic E-state index is 0.270. The van der Waals surface area contributed by atoms with Gasteiger partial charge in [0.15, 0.2) is 0 Å². The van der Waals surface area contributed by atoms with E-state index in [0.717, 1.165) is 24.3 Å². The molecule has 1 saturated carbocycles. The molecular weight excluding hydrogens is 410 g/mol. The number of aryl methyl sites for hydroxylation is 1. The first kappa shape index (κ1) is 23.8. The molecule has 2 aromatic heterocycles. The van der Waals surface area contributed by atoms with Crippen LogP contribution in [0.5, 0.6) is 5.75 Å². The standard InChI is InChI=1S/C22H35N7O3/c1-4-30-13-12-20-27-22(28-32-20)25-14-18(29(3)24)21(23)17-10-11-19(15(2)26-17)31-16-8-6-5-7-9-16/h10-11,16H,4-9,12-14,23-24H2,1-3H3,(H,25,28)/b21-18-. The molecule has 0 radical (unpaired) electrons. The molecule has 0 amide bonds. The van der Waals surface area contributed by atoms with Crippen molar-refractivity contribution in [1.82, 2.24) is 20.1 Å². The number of pyridine rings is 1. The molecule has 2 aromatic rings. The van der Waals surface area contributed by atoms with E-state index in [1.165, 1.54) is 24.3 Å². The molecule has 0 saturated heterocycles. The van der Waals surface area contributed by atoms with E-state index < -0.39 is 0 Å². The van der Waals surface area contributed by atoms with Gasteiger partial charge in [-0.25, -0.2) is 10.8 Å². The summed E-state index contributed by atoms with van der Waals surface area (Å²) in [5, 5.41) is 8.49. The Bertz CT molecular complexity index is 891. The van der Waals surface area contributed by atoms with Crippen LogP contribution < -0.4 is 21.6 Å². The molecule has 10 heteroatoms. The number of nitrogens with zero attached hydrogens (tertiary/aromatic N) is 4. The van der Waals surface area contributed by atoms with Crippen LogP contribution in [0.1, 0.15) is 56.3 Å². The van der Waals surface area contributed by atoms with E-state index in [2.05, 4.69) is 20.4 Å². The fourth-order valence-corrected chi connectivity index (χ4v) is 3.64. The van der Waals surface area contributed by atoms with E-state index in [1.807, 2.05) is 26.0 Å². The van der Waals surface area contributed by atoms with Crippen LogP contribution in [0.25, 0.3) is 5.70 Å². The summed E-state index contributed by atoms with van der Waals surface area (Å²) in [6, 6.07) is 3.80. The molecule has 32 heavy (non-hydrogen) atoms. The van der Waals surface area contributed by atoms with Crippen molar-refractivity contribution in [2.75, 3.05) is 32.1 Å². The summed E-state index contributed by atoms with van der Waals surface area (Å²) in [7, 11) is 1.72. The summed E-state index contributed by atoms with van der Waals surface area (Å²) >= 11 is 0. The van der Waals surface area contributed by atoms with Crippen molar-refractivity contribution in [2.45, 2.75) is 58.5 Å². The van der Waals surface area contributed by atoms with Gasteiger partial charge in [-0.05, 0) is 56.8 Å². The first-order valence-electron chi connectivity index (χ1n) is 11.2. The Hall–Kier alpha value is -2.85. The lowest BCUT2D eigenvalue weighted by Gasteiger charge is -2.24. The second-order valence-electron chi connectivity index (χ2n) is 7.94. The van der Waals surface area contributed by atoms with Gasteiger partial charge in [-0.3, -0.25) is 0 Å². The molecule has 0 spiro atoms. The highest BCUT2D eigenvalue weighted by molar-refractivity contribution is 5.64. The average molecular weight is 446 g/mol. The molecule has 10 nitrogen and oxygen atoms in total. The van der Waals surface area contributed by atoms with Crippen molar-refractivity contribution in [3.63, 3.8) is 0 Å². The summed E-state index contributed by atoms with van der Waals surface area (Å²) in [5.74, 6) is 7.72. The lowest BCUT2D eigenvalue weighted by atomic mass is 9.98. The Balaban J connectivity index is 1.66. The lowest BCUT2D eigenvalue weighted by Crippen LogP contribution is -2.32. The fourth-order valence-electron chi connectivity index (χ4n) is 3.64. The third kappa shape index (κ3) is 6.57. The number of hydrogen-bond acceptors (Lipinski definition) is 10. The first-order valence-corrected chi connectivity index (χ1v) is 11.2. The van der Waals surface area contributed by atoms with E-state index >= 15 is 0 Å². The lowest BCUT2D eigenvalue weighted by molar-refractivity contribution is 0.144. The minimum Gasteiger partial charge on any atom is -0.489 e. The van der Waals surface area contributed by atoms with E-state index in [-0.39, 0.29) is 6.10 Å². The molecule has 0 atom stereocenters. The molecule has 1 aliphatic rings. The largest absolute Gasteiger partial charge is 0.489 e. The highest BCUT2D eigenvalue weighted by Crippen LogP contribution is 2.26. The zero-order valence-corrected chi connectivity index (χ0v) is 19.3. The van der Waals surface area contributed by atoms with Gasteiger partial charge in [0.2, 0.25) is 5.89 Å². The molecule has 3 rings (SSSR count). The van der Waals surface area contributed by atoms with Crippen LogP contribution in [0.3, 0.4) is 0 Å². The summed E-state index contributed by atoms with van der Waals surface area (Å²) in [5.41, 5.74) is 8.99. The van der Waals surface area contributed by atoms with E-state index in [9.17, 15) is 0 Å². The van der Waals surface area contributed by atoms with Crippen LogP contribution in [0.15, 0.2) is 22.4 Å². The van der Waals surface area contributed by atoms with E-state index in [0.29, 0.717) is 55.1 Å². The van der Waals surface area contributed by atoms with Gasteiger partial charge < -0.3 is 30.1 Å². The molecule has 0 bridgehead atoms. The average Bonchev–Trinajstić information content (AvgIpc) is 3.23. The number of nitrogens with two attached hydrogens (primary N) is 2. The van der Waals surface area contributed by atoms with Crippen LogP contribution in [0, 0.1) is 6.92 Å². The van der Waals surface area contributed by atoms with Crippen molar-refractivity contribution in [3.05, 3.63) is 35.1 Å². The van der Waals surface area contributed by atoms with E-state index in [1.54, 1.807) is 7.05 Å². The maximum absolute atomic E-state index is 6.43. The Labute approximate surface area is 189 Å². The monoisotopic (exact) mass is 445 g/mol. The van der Waals surface area contributed by atoms with Gasteiger partial charge in [0.1, 0.15) is 5.75 Å². The summed E-state index contributed by atoms with van der Waals surface area (Å²) in [6.07, 6.45) is 6.76. The van der Waals surface area contributed by atoms with Crippen molar-refractivity contribution in [3.8, 4) is 5.75 Å². The fraction of sp³-hybridized carbons (Fsp3) is 0.591. The van der Waals surface area contributed by atoms with Crippen molar-refractivity contribution in [2.24, 2.45) is 11.6 Å². The second kappa shape index (κ2) is 11.7. The summed E-state index contributed by atoms with van der Waals surface area (Å²) in [6.45, 7) is 5.37. The quantitative estimate of drug-likeness (QED) is 0.269. The minimum atomic E-state index is 0.270. The molecule has 176 valence electrons. The first-order chi connectivity index (χ1) is 15.5. The number of rotatable bonds is 11. The van der Waals surface area contributed by atoms with Crippen molar-refractivity contribution >= 4 is 11.6 Å². The molecule has 0 aliphatic heterocycles. The number of anilines is 1. The smallest absolute Gasteiger partial charge is 0.263 e. The van der Waals surface area contributed by atoms with Crippen LogP contribution in [0.4, 0.5) is 5.95 Å². The Morgan fingerprint density at radius 1 is 1.25 bits per heavy atom. The molecule has 1 fully saturated rings. The summed E-state index contributed by atoms with van der Waals surface area (Å²) in [4.78, 5) is 8.96. The number of hydrazine groups is 1. The van der Waals surface area contributed by atoms with Gasteiger partial charge in [0.25, 0.3) is 5.95 Å². The highest BCUT2D eigenvalue weighted by Gasteiger charge is 2.18. The highest BCUT2D eigenvalue weighted by atomic mass is 16.5. The predicted octanol–water partition coefficient (Wildman–Crippen LogP) is 2.61. The second-order valence-corrected chi connectivity index (χ2v) is 7.94. The number of aromatic nitrogens is 3. The van der Waals surface area contributed by atoms with Crippen molar-refractivity contribution in [1.29, 1.82) is 0 Å². The van der Waals surface area contributed by atoms with Crippen molar-refractivity contribution < 1.29 is 14.0 Å². The number of ether oxygens (including phenoxy) is 2. The van der Waals surface area contributed by atoms with Gasteiger partial charge >= 0.3 is 0 Å².